The first-order valence-electron chi connectivity index (χ1n) is 10.7. The smallest absolute Gasteiger partial charge is 0.226 e. The molecule has 0 radical (unpaired) electrons. The lowest BCUT2D eigenvalue weighted by atomic mass is 9.81. The van der Waals surface area contributed by atoms with Gasteiger partial charge < -0.3 is 10.2 Å². The van der Waals surface area contributed by atoms with Gasteiger partial charge in [-0.1, -0.05) is 46.1 Å². The molecular formula is C22H42N2OS. The van der Waals surface area contributed by atoms with Crippen LogP contribution in [0.5, 0.6) is 0 Å². The van der Waals surface area contributed by atoms with Gasteiger partial charge >= 0.3 is 0 Å². The first-order valence-corrected chi connectivity index (χ1v) is 11.9. The summed E-state index contributed by atoms with van der Waals surface area (Å²) in [6, 6.07) is 0. The van der Waals surface area contributed by atoms with Gasteiger partial charge in [0.1, 0.15) is 0 Å². The zero-order chi connectivity index (χ0) is 19.4. The summed E-state index contributed by atoms with van der Waals surface area (Å²) in [6.45, 7) is 12.9. The molecule has 2 atom stereocenters. The summed E-state index contributed by atoms with van der Waals surface area (Å²) in [7, 11) is 0. The van der Waals surface area contributed by atoms with Crippen LogP contribution in [-0.2, 0) is 4.79 Å². The highest BCUT2D eigenvalue weighted by Gasteiger charge is 2.26. The Balaban J connectivity index is 2.64. The predicted molar refractivity (Wildman–Crippen MR) is 117 cm³/mol. The molecule has 1 rings (SSSR count). The van der Waals surface area contributed by atoms with E-state index in [1.807, 2.05) is 11.8 Å². The molecule has 26 heavy (non-hydrogen) atoms. The predicted octanol–water partition coefficient (Wildman–Crippen LogP) is 5.47. The Morgan fingerprint density at radius 1 is 1.31 bits per heavy atom. The van der Waals surface area contributed by atoms with Crippen LogP contribution in [0.3, 0.4) is 0 Å². The van der Waals surface area contributed by atoms with Crippen molar-refractivity contribution < 1.29 is 4.79 Å². The molecule has 4 heteroatoms. The van der Waals surface area contributed by atoms with Crippen LogP contribution in [0.25, 0.3) is 0 Å². The lowest BCUT2D eigenvalue weighted by molar-refractivity contribution is -0.131. The maximum absolute atomic E-state index is 12.9. The second kappa shape index (κ2) is 12.8. The summed E-state index contributed by atoms with van der Waals surface area (Å²) >= 11 is 1.82. The summed E-state index contributed by atoms with van der Waals surface area (Å²) < 4.78 is 0. The topological polar surface area (TPSA) is 32.3 Å². The molecule has 0 spiro atoms. The molecule has 152 valence electrons. The van der Waals surface area contributed by atoms with Crippen molar-refractivity contribution in [1.29, 1.82) is 0 Å². The number of piperidine rings is 1. The summed E-state index contributed by atoms with van der Waals surface area (Å²) in [4.78, 5) is 16.3. The van der Waals surface area contributed by atoms with Crippen LogP contribution in [0.2, 0.25) is 0 Å². The second-order valence-corrected chi connectivity index (χ2v) is 8.97. The SMILES string of the molecule is CCCCCC(C)(CC)CN(CC)C(=O)C/C=C(\SC)C1CCCNC1. The zero-order valence-electron chi connectivity index (χ0n) is 17.9. The van der Waals surface area contributed by atoms with Gasteiger partial charge in [-0.25, -0.2) is 0 Å². The van der Waals surface area contributed by atoms with Crippen LogP contribution in [0.4, 0.5) is 0 Å². The van der Waals surface area contributed by atoms with Crippen LogP contribution in [0, 0.1) is 11.3 Å². The van der Waals surface area contributed by atoms with Gasteiger partial charge in [-0.3, -0.25) is 4.79 Å². The number of rotatable bonds is 12. The van der Waals surface area contributed by atoms with Crippen molar-refractivity contribution in [3.63, 3.8) is 0 Å². The standard InChI is InChI=1S/C22H42N2OS/c1-6-9-10-15-22(4,7-2)18-24(8-3)21(25)14-13-20(26-5)19-12-11-16-23-17-19/h13,19,23H,6-12,14-18H2,1-5H3/b20-13-. The molecule has 0 aliphatic carbocycles. The van der Waals surface area contributed by atoms with E-state index in [2.05, 4.69) is 50.2 Å². The Kier molecular flexibility index (Phi) is 11.6. The van der Waals surface area contributed by atoms with Crippen molar-refractivity contribution in [3.8, 4) is 0 Å². The van der Waals surface area contributed by atoms with Gasteiger partial charge in [0.05, 0.1) is 0 Å². The number of hydrogen-bond donors (Lipinski definition) is 1. The summed E-state index contributed by atoms with van der Waals surface area (Å²) in [6.07, 6.45) is 13.6. The van der Waals surface area contributed by atoms with E-state index in [0.29, 0.717) is 12.3 Å². The minimum Gasteiger partial charge on any atom is -0.342 e. The number of carbonyl (C=O) groups excluding carboxylic acids is 1. The van der Waals surface area contributed by atoms with E-state index in [1.165, 1.54) is 43.4 Å². The van der Waals surface area contributed by atoms with Gasteiger partial charge in [0, 0.05) is 32.0 Å². The first-order chi connectivity index (χ1) is 12.5. The van der Waals surface area contributed by atoms with Crippen LogP contribution >= 0.6 is 11.8 Å². The Labute approximate surface area is 166 Å². The van der Waals surface area contributed by atoms with E-state index < -0.39 is 0 Å². The molecule has 1 saturated heterocycles. The summed E-state index contributed by atoms with van der Waals surface area (Å²) in [5.41, 5.74) is 0.250. The quantitative estimate of drug-likeness (QED) is 0.454. The van der Waals surface area contributed by atoms with Crippen molar-refractivity contribution in [2.24, 2.45) is 11.3 Å². The molecular weight excluding hydrogens is 340 g/mol. The van der Waals surface area contributed by atoms with E-state index in [9.17, 15) is 4.79 Å². The molecule has 1 amide bonds. The second-order valence-electron chi connectivity index (χ2n) is 8.09. The van der Waals surface area contributed by atoms with Gasteiger partial charge in [-0.15, -0.1) is 11.8 Å². The molecule has 1 aliphatic heterocycles. The van der Waals surface area contributed by atoms with E-state index in [4.69, 9.17) is 0 Å². The molecule has 1 N–H and O–H groups in total. The van der Waals surface area contributed by atoms with E-state index in [0.717, 1.165) is 32.6 Å². The molecule has 0 saturated carbocycles. The first kappa shape index (κ1) is 23.6. The maximum atomic E-state index is 12.9. The average molecular weight is 383 g/mol. The van der Waals surface area contributed by atoms with Crippen molar-refractivity contribution >= 4 is 17.7 Å². The van der Waals surface area contributed by atoms with Crippen LogP contribution in [0.1, 0.15) is 79.1 Å². The lowest BCUT2D eigenvalue weighted by Gasteiger charge is -2.35. The maximum Gasteiger partial charge on any atom is 0.226 e. The van der Waals surface area contributed by atoms with Gasteiger partial charge in [0.15, 0.2) is 0 Å². The Morgan fingerprint density at radius 3 is 2.62 bits per heavy atom. The zero-order valence-corrected chi connectivity index (χ0v) is 18.7. The monoisotopic (exact) mass is 382 g/mol. The number of unbranched alkanes of at least 4 members (excludes halogenated alkanes) is 2. The van der Waals surface area contributed by atoms with Crippen molar-refractivity contribution in [3.05, 3.63) is 11.0 Å². The van der Waals surface area contributed by atoms with Gasteiger partial charge in [-0.2, -0.15) is 0 Å². The third kappa shape index (κ3) is 8.04. The Bertz CT molecular complexity index is 432. The fraction of sp³-hybridized carbons (Fsp3) is 0.864. The molecule has 1 heterocycles. The van der Waals surface area contributed by atoms with Crippen LogP contribution in [0.15, 0.2) is 11.0 Å². The highest BCUT2D eigenvalue weighted by atomic mass is 32.2. The van der Waals surface area contributed by atoms with E-state index in [1.54, 1.807) is 0 Å². The van der Waals surface area contributed by atoms with Crippen molar-refractivity contribution in [1.82, 2.24) is 10.2 Å². The number of nitrogens with zero attached hydrogens (tertiary/aromatic N) is 1. The molecule has 0 aromatic rings. The highest BCUT2D eigenvalue weighted by molar-refractivity contribution is 8.02. The summed E-state index contributed by atoms with van der Waals surface area (Å²) in [5.74, 6) is 0.884. The number of thioether (sulfide) groups is 1. The van der Waals surface area contributed by atoms with Crippen molar-refractivity contribution in [2.45, 2.75) is 79.1 Å². The Morgan fingerprint density at radius 2 is 2.08 bits per heavy atom. The third-order valence-electron chi connectivity index (χ3n) is 5.96. The molecule has 1 fully saturated rings. The third-order valence-corrected chi connectivity index (χ3v) is 6.93. The fourth-order valence-electron chi connectivity index (χ4n) is 3.83. The van der Waals surface area contributed by atoms with Crippen LogP contribution in [-0.4, -0.2) is 43.2 Å². The number of nitrogens with one attached hydrogen (secondary N) is 1. The minimum absolute atomic E-state index is 0.250. The molecule has 0 aromatic carbocycles. The molecule has 2 unspecified atom stereocenters. The Hall–Kier alpha value is -0.480. The normalized spacial score (nSPS) is 20.7. The molecule has 1 aliphatic rings. The number of amides is 1. The largest absolute Gasteiger partial charge is 0.342 e. The molecule has 3 nitrogen and oxygen atoms in total. The molecule has 0 aromatic heterocycles. The van der Waals surface area contributed by atoms with Gasteiger partial charge in [0.25, 0.3) is 0 Å². The van der Waals surface area contributed by atoms with E-state index >= 15 is 0 Å². The lowest BCUT2D eigenvalue weighted by Crippen LogP contribution is -2.39. The number of hydrogen-bond acceptors (Lipinski definition) is 3. The highest BCUT2D eigenvalue weighted by Crippen LogP contribution is 2.31. The van der Waals surface area contributed by atoms with Crippen LogP contribution < -0.4 is 5.32 Å². The van der Waals surface area contributed by atoms with E-state index in [-0.39, 0.29) is 11.3 Å². The minimum atomic E-state index is 0.250. The van der Waals surface area contributed by atoms with Gasteiger partial charge in [0.2, 0.25) is 5.91 Å². The van der Waals surface area contributed by atoms with Crippen molar-refractivity contribution in [2.75, 3.05) is 32.4 Å². The number of carbonyl (C=O) groups is 1. The molecule has 0 bridgehead atoms. The van der Waals surface area contributed by atoms with Gasteiger partial charge in [-0.05, 0) is 55.7 Å². The fourth-order valence-corrected chi connectivity index (χ4v) is 4.62. The summed E-state index contributed by atoms with van der Waals surface area (Å²) in [5, 5.41) is 3.48. The average Bonchev–Trinajstić information content (AvgIpc) is 2.67.